The van der Waals surface area contributed by atoms with Crippen molar-refractivity contribution in [3.8, 4) is 0 Å². The summed E-state index contributed by atoms with van der Waals surface area (Å²) in [6, 6.07) is 10.4. The molecule has 0 radical (unpaired) electrons. The van der Waals surface area contributed by atoms with Gasteiger partial charge >= 0.3 is 0 Å². The number of carbonyl (C=O) groups is 3. The van der Waals surface area contributed by atoms with Gasteiger partial charge in [0.25, 0.3) is 0 Å². The van der Waals surface area contributed by atoms with Crippen molar-refractivity contribution in [1.29, 1.82) is 0 Å². The topological polar surface area (TPSA) is 78.5 Å². The summed E-state index contributed by atoms with van der Waals surface area (Å²) in [6.45, 7) is 8.88. The molecule has 3 amide bonds. The van der Waals surface area contributed by atoms with Gasteiger partial charge in [0.05, 0.1) is 19.3 Å². The molecule has 0 aliphatic carbocycles. The number of amides is 3. The average Bonchev–Trinajstić information content (AvgIpc) is 3.25. The van der Waals surface area contributed by atoms with Crippen LogP contribution in [0, 0.1) is 0 Å². The Kier molecular flexibility index (Phi) is 33.0. The van der Waals surface area contributed by atoms with Crippen LogP contribution in [0.3, 0.4) is 0 Å². The molecule has 7 heteroatoms. The fourth-order valence-corrected chi connectivity index (χ4v) is 8.64. The van der Waals surface area contributed by atoms with Crippen molar-refractivity contribution in [3.63, 3.8) is 0 Å². The van der Waals surface area contributed by atoms with Crippen LogP contribution in [0.15, 0.2) is 36.5 Å². The zero-order valence-electron chi connectivity index (χ0n) is 38.7. The van der Waals surface area contributed by atoms with Crippen molar-refractivity contribution < 1.29 is 18.9 Å². The van der Waals surface area contributed by atoms with E-state index in [9.17, 15) is 14.4 Å². The van der Waals surface area contributed by atoms with Gasteiger partial charge in [-0.15, -0.1) is 0 Å². The highest BCUT2D eigenvalue weighted by molar-refractivity contribution is 5.76. The average molecular weight is 822 g/mol. The van der Waals surface area contributed by atoms with E-state index in [-0.39, 0.29) is 17.7 Å². The van der Waals surface area contributed by atoms with E-state index in [1.807, 2.05) is 6.07 Å². The van der Waals surface area contributed by atoms with Gasteiger partial charge in [0.15, 0.2) is 6.67 Å². The smallest absolute Gasteiger partial charge is 0.226 e. The summed E-state index contributed by atoms with van der Waals surface area (Å²) in [5, 5.41) is 6.46. The first-order chi connectivity index (χ1) is 29.0. The van der Waals surface area contributed by atoms with Gasteiger partial charge in [-0.1, -0.05) is 198 Å². The van der Waals surface area contributed by atoms with Crippen molar-refractivity contribution in [3.05, 3.63) is 42.1 Å². The molecule has 0 unspecified atom stereocenters. The van der Waals surface area contributed by atoms with Crippen molar-refractivity contribution in [2.45, 2.75) is 226 Å². The summed E-state index contributed by atoms with van der Waals surface area (Å²) in [5.74, 6) is 0.583. The summed E-state index contributed by atoms with van der Waals surface area (Å²) in [6.07, 6.45) is 43.0. The van der Waals surface area contributed by atoms with Gasteiger partial charge in [0, 0.05) is 51.7 Å². The van der Waals surface area contributed by atoms with E-state index in [2.05, 4.69) is 65.9 Å². The first-order valence-electron chi connectivity index (χ1n) is 25.4. The van der Waals surface area contributed by atoms with Crippen LogP contribution in [-0.2, 0) is 14.4 Å². The molecule has 0 spiro atoms. The second kappa shape index (κ2) is 37.1. The van der Waals surface area contributed by atoms with Crippen LogP contribution >= 0.6 is 0 Å². The first kappa shape index (κ1) is 52.5. The Balaban J connectivity index is 1.93. The summed E-state index contributed by atoms with van der Waals surface area (Å²) in [7, 11) is 0. The van der Waals surface area contributed by atoms with E-state index in [4.69, 9.17) is 0 Å². The van der Waals surface area contributed by atoms with Gasteiger partial charge < -0.3 is 10.6 Å². The lowest BCUT2D eigenvalue weighted by Crippen LogP contribution is -2.54. The highest BCUT2D eigenvalue weighted by Gasteiger charge is 2.30. The molecule has 338 valence electrons. The Morgan fingerprint density at radius 3 is 1.46 bits per heavy atom. The summed E-state index contributed by atoms with van der Waals surface area (Å²) in [5.41, 5.74) is 1.14. The van der Waals surface area contributed by atoms with Crippen LogP contribution in [0.5, 0.6) is 0 Å². The zero-order chi connectivity index (χ0) is 42.3. The lowest BCUT2D eigenvalue weighted by molar-refractivity contribution is -0.887. The maximum absolute atomic E-state index is 13.7. The maximum Gasteiger partial charge on any atom is 0.226 e. The SMILES string of the molecule is CCCCCCCCCCCCCC(=O)NCCC[N+](C=Cc1ccccc1)(CCCNC(=O)CCCCCCCCCCCCC)CN1CCCCCCCCC1=O. The number of hydrogen-bond acceptors (Lipinski definition) is 3. The number of quaternary nitrogens is 1. The van der Waals surface area contributed by atoms with Crippen LogP contribution in [0.1, 0.15) is 231 Å². The van der Waals surface area contributed by atoms with Crippen LogP contribution < -0.4 is 10.6 Å². The van der Waals surface area contributed by atoms with Gasteiger partial charge in [-0.2, -0.15) is 0 Å². The summed E-state index contributed by atoms with van der Waals surface area (Å²) >= 11 is 0. The fraction of sp³-hybridized carbons (Fsp3) is 0.788. The number of unbranched alkanes of at least 4 members (excludes halogenated alkanes) is 20. The third-order valence-electron chi connectivity index (χ3n) is 12.5. The molecule has 1 aromatic rings. The number of benzene rings is 1. The Bertz CT molecular complexity index is 1140. The number of rotatable bonds is 36. The van der Waals surface area contributed by atoms with E-state index in [0.29, 0.717) is 43.5 Å². The van der Waals surface area contributed by atoms with E-state index in [0.717, 1.165) is 83.0 Å². The van der Waals surface area contributed by atoms with Crippen LogP contribution in [0.25, 0.3) is 6.08 Å². The standard InChI is InChI=1S/C52H92N4O3/c1-3-5-7-9-11-13-15-17-19-23-30-38-50(57)53-42-34-45-56(47-41-49-36-28-27-29-37-49,48-55-44-33-26-22-21-25-32-40-52(55)59)46-35-43-54-51(58)39-31-24-20-18-16-14-12-10-8-6-4-2/h27-29,36-37,41,47H,3-26,30-35,38-40,42-46,48H2,1-2H3,(H-,53,54,57,58)/p+1. The molecule has 0 bridgehead atoms. The molecule has 0 atom stereocenters. The zero-order valence-corrected chi connectivity index (χ0v) is 38.7. The minimum Gasteiger partial charge on any atom is -0.356 e. The lowest BCUT2D eigenvalue weighted by Gasteiger charge is -2.40. The van der Waals surface area contributed by atoms with Crippen molar-refractivity contribution in [2.24, 2.45) is 0 Å². The Hall–Kier alpha value is -2.67. The van der Waals surface area contributed by atoms with Crippen molar-refractivity contribution >= 4 is 23.8 Å². The highest BCUT2D eigenvalue weighted by atomic mass is 16.2. The Morgan fingerprint density at radius 1 is 0.559 bits per heavy atom. The van der Waals surface area contributed by atoms with Crippen LogP contribution in [0.2, 0.25) is 0 Å². The molecular weight excluding hydrogens is 729 g/mol. The molecule has 7 nitrogen and oxygen atoms in total. The molecule has 0 saturated carbocycles. The Morgan fingerprint density at radius 2 is 0.983 bits per heavy atom. The quantitative estimate of drug-likeness (QED) is 0.0523. The number of hydrogen-bond donors (Lipinski definition) is 2. The molecule has 2 rings (SSSR count). The molecule has 1 fully saturated rings. The number of nitrogens with one attached hydrogen (secondary N) is 2. The second-order valence-electron chi connectivity index (χ2n) is 18.0. The van der Waals surface area contributed by atoms with E-state index >= 15 is 0 Å². The monoisotopic (exact) mass is 822 g/mol. The minimum absolute atomic E-state index is 0.158. The van der Waals surface area contributed by atoms with Crippen LogP contribution in [-0.4, -0.2) is 66.5 Å². The van der Waals surface area contributed by atoms with Gasteiger partial charge in [0.2, 0.25) is 17.7 Å². The van der Waals surface area contributed by atoms with Gasteiger partial charge in [0.1, 0.15) is 0 Å². The Labute approximate surface area is 364 Å². The molecule has 1 aromatic carbocycles. The van der Waals surface area contributed by atoms with Crippen molar-refractivity contribution in [1.82, 2.24) is 15.5 Å². The molecule has 1 aliphatic rings. The van der Waals surface area contributed by atoms with E-state index < -0.39 is 0 Å². The maximum atomic E-state index is 13.7. The lowest BCUT2D eigenvalue weighted by atomic mass is 10.1. The van der Waals surface area contributed by atoms with Gasteiger partial charge in [-0.3, -0.25) is 23.8 Å². The van der Waals surface area contributed by atoms with Gasteiger partial charge in [-0.25, -0.2) is 0 Å². The second-order valence-corrected chi connectivity index (χ2v) is 18.0. The fourth-order valence-electron chi connectivity index (χ4n) is 8.64. The third kappa shape index (κ3) is 29.3. The van der Waals surface area contributed by atoms with E-state index in [1.54, 1.807) is 0 Å². The largest absolute Gasteiger partial charge is 0.356 e. The van der Waals surface area contributed by atoms with Gasteiger partial charge in [-0.05, 0) is 37.3 Å². The normalized spacial score (nSPS) is 14.2. The summed E-state index contributed by atoms with van der Waals surface area (Å²) < 4.78 is 0.629. The molecule has 1 aliphatic heterocycles. The third-order valence-corrected chi connectivity index (χ3v) is 12.5. The molecular formula is C52H93N4O3+. The van der Waals surface area contributed by atoms with Crippen molar-refractivity contribution in [2.75, 3.05) is 39.4 Å². The molecule has 59 heavy (non-hydrogen) atoms. The molecule has 2 N–H and O–H groups in total. The summed E-state index contributed by atoms with van der Waals surface area (Å²) in [4.78, 5) is 41.6. The molecule has 1 heterocycles. The number of carbonyl (C=O) groups excluding carboxylic acids is 3. The first-order valence-corrected chi connectivity index (χ1v) is 25.4. The van der Waals surface area contributed by atoms with Crippen LogP contribution in [0.4, 0.5) is 0 Å². The molecule has 0 aromatic heterocycles. The van der Waals surface area contributed by atoms with E-state index in [1.165, 1.54) is 135 Å². The molecule has 1 saturated heterocycles. The number of nitrogens with zero attached hydrogens (tertiary/aromatic N) is 2. The predicted molar refractivity (Wildman–Crippen MR) is 252 cm³/mol. The minimum atomic E-state index is 0.158. The highest BCUT2D eigenvalue weighted by Crippen LogP contribution is 2.20. The predicted octanol–water partition coefficient (Wildman–Crippen LogP) is 13.4.